The molecule has 0 aromatic heterocycles. The van der Waals surface area contributed by atoms with E-state index in [1.807, 2.05) is 0 Å². The van der Waals surface area contributed by atoms with Crippen molar-refractivity contribution in [2.24, 2.45) is 5.10 Å². The monoisotopic (exact) mass is 474 g/mol. The number of carbonyl (C=O) groups excluding carboxylic acids is 2. The van der Waals surface area contributed by atoms with Gasteiger partial charge in [-0.25, -0.2) is 4.79 Å². The molecular weight excluding hydrogens is 456 g/mol. The van der Waals surface area contributed by atoms with E-state index < -0.39 is 23.8 Å². The third-order valence-electron chi connectivity index (χ3n) is 3.80. The molecule has 10 heteroatoms. The van der Waals surface area contributed by atoms with Gasteiger partial charge in [-0.1, -0.05) is 42.5 Å². The van der Waals surface area contributed by atoms with Crippen LogP contribution in [0, 0.1) is 0 Å². The molecule has 0 fully saturated rings. The number of halogens is 1. The molecular formula is C20H19BrN4O5. The number of amides is 2. The lowest BCUT2D eigenvalue weighted by molar-refractivity contribution is -0.141. The molecule has 0 radical (unpaired) electrons. The molecule has 30 heavy (non-hydrogen) atoms. The quantitative estimate of drug-likeness (QED) is 0.292. The summed E-state index contributed by atoms with van der Waals surface area (Å²) in [6.45, 7) is 0. The molecule has 5 N–H and O–H groups in total. The summed E-state index contributed by atoms with van der Waals surface area (Å²) in [5.41, 5.74) is 2.69. The SMILES string of the molecule is CN/N=C(C(=O)NC(C(=O)O)c1ccccc1)\C(Br)=C\NC(=O)c1ccccc1O. The molecule has 2 aromatic carbocycles. The van der Waals surface area contributed by atoms with Crippen LogP contribution in [0.3, 0.4) is 0 Å². The number of para-hydroxylation sites is 1. The van der Waals surface area contributed by atoms with Gasteiger partial charge in [0.25, 0.3) is 11.8 Å². The van der Waals surface area contributed by atoms with Gasteiger partial charge in [0.1, 0.15) is 5.75 Å². The lowest BCUT2D eigenvalue weighted by Crippen LogP contribution is -2.39. The predicted molar refractivity (Wildman–Crippen MR) is 114 cm³/mol. The molecule has 0 aliphatic heterocycles. The average molecular weight is 475 g/mol. The van der Waals surface area contributed by atoms with Crippen LogP contribution < -0.4 is 16.1 Å². The first-order valence-corrected chi connectivity index (χ1v) is 9.42. The van der Waals surface area contributed by atoms with Crippen LogP contribution in [0.2, 0.25) is 0 Å². The van der Waals surface area contributed by atoms with Gasteiger partial charge in [-0.2, -0.15) is 5.10 Å². The maximum atomic E-state index is 12.7. The van der Waals surface area contributed by atoms with Gasteiger partial charge in [0, 0.05) is 13.2 Å². The number of benzene rings is 2. The van der Waals surface area contributed by atoms with Crippen molar-refractivity contribution in [1.29, 1.82) is 0 Å². The van der Waals surface area contributed by atoms with E-state index in [-0.39, 0.29) is 21.5 Å². The van der Waals surface area contributed by atoms with Gasteiger partial charge in [-0.3, -0.25) is 9.59 Å². The lowest BCUT2D eigenvalue weighted by atomic mass is 10.1. The summed E-state index contributed by atoms with van der Waals surface area (Å²) < 4.78 is 0.0790. The van der Waals surface area contributed by atoms with Crippen molar-refractivity contribution in [3.8, 4) is 5.75 Å². The predicted octanol–water partition coefficient (Wildman–Crippen LogP) is 1.88. The maximum absolute atomic E-state index is 12.7. The number of aliphatic carboxylic acids is 1. The van der Waals surface area contributed by atoms with E-state index in [9.17, 15) is 24.6 Å². The molecule has 0 aliphatic rings. The number of carbonyl (C=O) groups is 3. The van der Waals surface area contributed by atoms with Crippen LogP contribution in [0.25, 0.3) is 0 Å². The smallest absolute Gasteiger partial charge is 0.330 e. The lowest BCUT2D eigenvalue weighted by Gasteiger charge is -2.15. The number of rotatable bonds is 8. The van der Waals surface area contributed by atoms with Crippen LogP contribution in [0.5, 0.6) is 5.75 Å². The number of hydrazone groups is 1. The summed E-state index contributed by atoms with van der Waals surface area (Å²) in [6, 6.07) is 12.9. The van der Waals surface area contributed by atoms with Crippen molar-refractivity contribution < 1.29 is 24.6 Å². The molecule has 0 saturated carbocycles. The first kappa shape index (κ1) is 22.6. The van der Waals surface area contributed by atoms with Crippen molar-refractivity contribution in [2.75, 3.05) is 7.05 Å². The average Bonchev–Trinajstić information content (AvgIpc) is 2.74. The molecule has 0 spiro atoms. The van der Waals surface area contributed by atoms with Crippen LogP contribution in [-0.4, -0.2) is 40.8 Å². The van der Waals surface area contributed by atoms with E-state index in [0.717, 1.165) is 0 Å². The second-order valence-corrected chi connectivity index (χ2v) is 6.68. The standard InChI is InChI=1S/C20H19BrN4O5/c1-22-25-17(14(21)11-23-18(27)13-9-5-6-10-15(13)26)19(28)24-16(20(29)30)12-7-3-2-4-8-12/h2-11,16,22,26H,1H3,(H,23,27)(H,24,28)(H,29,30)/b14-11-,25-17+. The molecule has 0 aliphatic carbocycles. The van der Waals surface area contributed by atoms with Crippen LogP contribution in [0.15, 0.2) is 70.4 Å². The Kier molecular flexibility index (Phi) is 8.12. The first-order chi connectivity index (χ1) is 14.3. The number of phenols is 1. The zero-order valence-electron chi connectivity index (χ0n) is 15.8. The Morgan fingerprint density at radius 3 is 2.30 bits per heavy atom. The number of nitrogens with zero attached hydrogens (tertiary/aromatic N) is 1. The molecule has 2 aromatic rings. The van der Waals surface area contributed by atoms with Crippen molar-refractivity contribution in [2.45, 2.75) is 6.04 Å². The fourth-order valence-corrected chi connectivity index (χ4v) is 2.78. The minimum atomic E-state index is -1.29. The first-order valence-electron chi connectivity index (χ1n) is 8.63. The van der Waals surface area contributed by atoms with Crippen molar-refractivity contribution in [3.63, 3.8) is 0 Å². The van der Waals surface area contributed by atoms with E-state index in [4.69, 9.17) is 0 Å². The van der Waals surface area contributed by atoms with Gasteiger partial charge >= 0.3 is 5.97 Å². The Balaban J connectivity index is 2.19. The number of carboxylic acids is 1. The number of carboxylic acid groups (broad SMARTS) is 1. The topological polar surface area (TPSA) is 140 Å². The zero-order chi connectivity index (χ0) is 22.1. The Labute approximate surface area is 180 Å². The summed E-state index contributed by atoms with van der Waals surface area (Å²) in [5, 5.41) is 27.9. The van der Waals surface area contributed by atoms with Crippen LogP contribution >= 0.6 is 15.9 Å². The van der Waals surface area contributed by atoms with Crippen molar-refractivity contribution >= 4 is 39.4 Å². The van der Waals surface area contributed by atoms with E-state index in [1.54, 1.807) is 42.5 Å². The Morgan fingerprint density at radius 2 is 1.70 bits per heavy atom. The number of hydrogen-bond donors (Lipinski definition) is 5. The van der Waals surface area contributed by atoms with Crippen molar-refractivity contribution in [1.82, 2.24) is 16.1 Å². The second kappa shape index (κ2) is 10.8. The number of hydrogen-bond acceptors (Lipinski definition) is 6. The number of phenolic OH excluding ortho intramolecular Hbond substituents is 1. The molecule has 0 bridgehead atoms. The fourth-order valence-electron chi connectivity index (χ4n) is 2.40. The highest BCUT2D eigenvalue weighted by Crippen LogP contribution is 2.17. The molecule has 0 heterocycles. The summed E-state index contributed by atoms with van der Waals surface area (Å²) in [5.74, 6) is -2.85. The Bertz CT molecular complexity index is 992. The number of aromatic hydroxyl groups is 1. The highest BCUT2D eigenvalue weighted by Gasteiger charge is 2.25. The zero-order valence-corrected chi connectivity index (χ0v) is 17.4. The van der Waals surface area contributed by atoms with E-state index >= 15 is 0 Å². The minimum Gasteiger partial charge on any atom is -0.507 e. The maximum Gasteiger partial charge on any atom is 0.330 e. The second-order valence-electron chi connectivity index (χ2n) is 5.82. The summed E-state index contributed by atoms with van der Waals surface area (Å²) in [4.78, 5) is 36.5. The fraction of sp³-hybridized carbons (Fsp3) is 0.100. The molecule has 1 atom stereocenters. The van der Waals surface area contributed by atoms with E-state index in [0.29, 0.717) is 5.56 Å². The van der Waals surface area contributed by atoms with E-state index in [2.05, 4.69) is 37.1 Å². The van der Waals surface area contributed by atoms with Crippen LogP contribution in [0.4, 0.5) is 0 Å². The highest BCUT2D eigenvalue weighted by molar-refractivity contribution is 9.12. The highest BCUT2D eigenvalue weighted by atomic mass is 79.9. The largest absolute Gasteiger partial charge is 0.507 e. The number of nitrogens with one attached hydrogen (secondary N) is 3. The molecule has 0 saturated heterocycles. The normalized spacial score (nSPS) is 12.6. The summed E-state index contributed by atoms with van der Waals surface area (Å²) in [7, 11) is 1.46. The minimum absolute atomic E-state index is 0.0422. The van der Waals surface area contributed by atoms with Crippen LogP contribution in [-0.2, 0) is 9.59 Å². The Hall–Kier alpha value is -3.66. The summed E-state index contributed by atoms with van der Waals surface area (Å²) in [6.07, 6.45) is 1.17. The molecule has 1 unspecified atom stereocenters. The third kappa shape index (κ3) is 5.92. The molecule has 156 valence electrons. The van der Waals surface area contributed by atoms with Gasteiger partial charge in [0.05, 0.1) is 10.0 Å². The third-order valence-corrected chi connectivity index (χ3v) is 4.40. The molecule has 2 amide bonds. The van der Waals surface area contributed by atoms with Gasteiger partial charge in [0.15, 0.2) is 11.8 Å². The van der Waals surface area contributed by atoms with E-state index in [1.165, 1.54) is 25.4 Å². The molecule has 9 nitrogen and oxygen atoms in total. The van der Waals surface area contributed by atoms with Gasteiger partial charge in [-0.15, -0.1) is 0 Å². The van der Waals surface area contributed by atoms with Gasteiger partial charge in [0.2, 0.25) is 0 Å². The Morgan fingerprint density at radius 1 is 1.07 bits per heavy atom. The van der Waals surface area contributed by atoms with Gasteiger partial charge in [-0.05, 0) is 33.6 Å². The van der Waals surface area contributed by atoms with Crippen molar-refractivity contribution in [3.05, 3.63) is 76.4 Å². The molecule has 2 rings (SSSR count). The van der Waals surface area contributed by atoms with Crippen LogP contribution in [0.1, 0.15) is 22.0 Å². The van der Waals surface area contributed by atoms with Gasteiger partial charge < -0.3 is 26.3 Å². The summed E-state index contributed by atoms with van der Waals surface area (Å²) >= 11 is 3.15.